The standard InChI is InChI=1S/C19H20N6/c1-11-8-12(2)25-19(23-11)15(10-22-25)17-13-6-4-3-5-7-16(13)24-18(21)14(17)9-20/h8,10H,3-7H2,1-2H3,(H2,21,24). The van der Waals surface area contributed by atoms with Crippen LogP contribution in [0.5, 0.6) is 0 Å². The van der Waals surface area contributed by atoms with E-state index < -0.39 is 0 Å². The number of pyridine rings is 1. The van der Waals surface area contributed by atoms with Crippen LogP contribution in [-0.4, -0.2) is 19.6 Å². The van der Waals surface area contributed by atoms with Gasteiger partial charge in [0.05, 0.1) is 6.20 Å². The first-order chi connectivity index (χ1) is 12.1. The maximum Gasteiger partial charge on any atom is 0.163 e. The van der Waals surface area contributed by atoms with Gasteiger partial charge in [-0.3, -0.25) is 0 Å². The van der Waals surface area contributed by atoms with Gasteiger partial charge in [0, 0.05) is 28.2 Å². The first kappa shape index (κ1) is 15.6. The maximum absolute atomic E-state index is 9.73. The summed E-state index contributed by atoms with van der Waals surface area (Å²) in [6, 6.07) is 4.26. The molecule has 0 saturated carbocycles. The summed E-state index contributed by atoms with van der Waals surface area (Å²) in [4.78, 5) is 9.22. The number of fused-ring (bicyclic) bond motifs is 2. The lowest BCUT2D eigenvalue weighted by Crippen LogP contribution is -2.07. The third-order valence-electron chi connectivity index (χ3n) is 4.91. The van der Waals surface area contributed by atoms with E-state index in [9.17, 15) is 5.26 Å². The minimum atomic E-state index is 0.307. The molecule has 2 N–H and O–H groups in total. The predicted molar refractivity (Wildman–Crippen MR) is 96.1 cm³/mol. The Kier molecular flexibility index (Phi) is 3.65. The molecule has 0 amide bonds. The Morgan fingerprint density at radius 2 is 1.96 bits per heavy atom. The minimum absolute atomic E-state index is 0.307. The van der Waals surface area contributed by atoms with Crippen molar-refractivity contribution in [2.24, 2.45) is 0 Å². The van der Waals surface area contributed by atoms with Crippen LogP contribution in [-0.2, 0) is 12.8 Å². The molecule has 3 aromatic heterocycles. The van der Waals surface area contributed by atoms with Gasteiger partial charge in [-0.2, -0.15) is 10.4 Å². The molecule has 1 aliphatic carbocycles. The van der Waals surface area contributed by atoms with E-state index in [1.54, 1.807) is 6.20 Å². The van der Waals surface area contributed by atoms with Crippen LogP contribution >= 0.6 is 0 Å². The first-order valence-corrected chi connectivity index (χ1v) is 8.64. The fraction of sp³-hybridized carbons (Fsp3) is 0.368. The van der Waals surface area contributed by atoms with Crippen LogP contribution in [0.3, 0.4) is 0 Å². The van der Waals surface area contributed by atoms with Crippen LogP contribution in [0, 0.1) is 25.2 Å². The monoisotopic (exact) mass is 332 g/mol. The lowest BCUT2D eigenvalue weighted by Gasteiger charge is -2.15. The lowest BCUT2D eigenvalue weighted by molar-refractivity contribution is 0.709. The Morgan fingerprint density at radius 3 is 2.76 bits per heavy atom. The molecule has 0 aliphatic heterocycles. The van der Waals surface area contributed by atoms with E-state index in [4.69, 9.17) is 5.73 Å². The SMILES string of the molecule is Cc1cc(C)n2ncc(-c3c(C#N)c(N)nc4c3CCCCC4)c2n1. The van der Waals surface area contributed by atoms with E-state index in [0.717, 1.165) is 65.1 Å². The van der Waals surface area contributed by atoms with Gasteiger partial charge in [-0.25, -0.2) is 14.5 Å². The molecule has 0 saturated heterocycles. The zero-order valence-corrected chi connectivity index (χ0v) is 14.5. The quantitative estimate of drug-likeness (QED) is 0.691. The number of aryl methyl sites for hydroxylation is 3. The molecule has 0 unspecified atom stereocenters. The molecule has 0 fully saturated rings. The third kappa shape index (κ3) is 2.43. The summed E-state index contributed by atoms with van der Waals surface area (Å²) in [5.41, 5.74) is 13.2. The zero-order valence-electron chi connectivity index (χ0n) is 14.5. The first-order valence-electron chi connectivity index (χ1n) is 8.64. The summed E-state index contributed by atoms with van der Waals surface area (Å²) in [6.07, 6.45) is 6.99. The minimum Gasteiger partial charge on any atom is -0.383 e. The Hall–Kier alpha value is -2.94. The molecule has 1 aliphatic rings. The second-order valence-electron chi connectivity index (χ2n) is 6.68. The average molecular weight is 332 g/mol. The van der Waals surface area contributed by atoms with Crippen LogP contribution in [0.2, 0.25) is 0 Å². The van der Waals surface area contributed by atoms with Crippen LogP contribution in [0.25, 0.3) is 16.8 Å². The van der Waals surface area contributed by atoms with Gasteiger partial charge in [-0.1, -0.05) is 6.42 Å². The van der Waals surface area contributed by atoms with Gasteiger partial charge < -0.3 is 5.73 Å². The largest absolute Gasteiger partial charge is 0.383 e. The number of hydrogen-bond donors (Lipinski definition) is 1. The number of rotatable bonds is 1. The molecular weight excluding hydrogens is 312 g/mol. The van der Waals surface area contributed by atoms with Gasteiger partial charge in [-0.05, 0) is 51.2 Å². The van der Waals surface area contributed by atoms with Crippen molar-refractivity contribution in [3.8, 4) is 17.2 Å². The highest BCUT2D eigenvalue weighted by molar-refractivity contribution is 5.86. The molecule has 6 nitrogen and oxygen atoms in total. The zero-order chi connectivity index (χ0) is 17.6. The molecule has 0 radical (unpaired) electrons. The van der Waals surface area contributed by atoms with E-state index >= 15 is 0 Å². The molecule has 4 rings (SSSR count). The lowest BCUT2D eigenvalue weighted by atomic mass is 9.93. The second kappa shape index (κ2) is 5.85. The molecule has 6 heteroatoms. The summed E-state index contributed by atoms with van der Waals surface area (Å²) in [5.74, 6) is 0.307. The van der Waals surface area contributed by atoms with Crippen LogP contribution in [0.15, 0.2) is 12.3 Å². The van der Waals surface area contributed by atoms with Crippen molar-refractivity contribution < 1.29 is 0 Å². The van der Waals surface area contributed by atoms with E-state index in [2.05, 4.69) is 21.1 Å². The summed E-state index contributed by atoms with van der Waals surface area (Å²) < 4.78 is 1.82. The average Bonchev–Trinajstić information content (AvgIpc) is 2.84. The summed E-state index contributed by atoms with van der Waals surface area (Å²) in [5, 5.41) is 14.2. The van der Waals surface area contributed by atoms with Gasteiger partial charge >= 0.3 is 0 Å². The Balaban J connectivity index is 2.09. The Morgan fingerprint density at radius 1 is 1.16 bits per heavy atom. The third-order valence-corrected chi connectivity index (χ3v) is 4.91. The predicted octanol–water partition coefficient (Wildman–Crippen LogP) is 3.13. The van der Waals surface area contributed by atoms with Crippen molar-refractivity contribution in [3.05, 3.63) is 40.5 Å². The van der Waals surface area contributed by atoms with Crippen molar-refractivity contribution in [1.82, 2.24) is 19.6 Å². The molecule has 3 aromatic rings. The number of anilines is 1. The fourth-order valence-corrected chi connectivity index (χ4v) is 3.80. The molecule has 126 valence electrons. The fourth-order valence-electron chi connectivity index (χ4n) is 3.80. The van der Waals surface area contributed by atoms with E-state index in [1.807, 2.05) is 24.4 Å². The van der Waals surface area contributed by atoms with Crippen LogP contribution < -0.4 is 5.73 Å². The van der Waals surface area contributed by atoms with E-state index in [1.165, 1.54) is 6.42 Å². The van der Waals surface area contributed by atoms with E-state index in [-0.39, 0.29) is 0 Å². The Labute approximate surface area is 146 Å². The molecule has 0 aromatic carbocycles. The molecule has 0 atom stereocenters. The number of aromatic nitrogens is 4. The number of hydrogen-bond acceptors (Lipinski definition) is 5. The number of nitrogens with zero attached hydrogens (tertiary/aromatic N) is 5. The van der Waals surface area contributed by atoms with Gasteiger partial charge in [0.15, 0.2) is 5.65 Å². The number of nitriles is 1. The molecule has 0 bridgehead atoms. The summed E-state index contributed by atoms with van der Waals surface area (Å²) in [7, 11) is 0. The molecular formula is C19H20N6. The maximum atomic E-state index is 9.73. The highest BCUT2D eigenvalue weighted by atomic mass is 15.3. The summed E-state index contributed by atoms with van der Waals surface area (Å²) in [6.45, 7) is 3.97. The molecule has 0 spiro atoms. The van der Waals surface area contributed by atoms with Crippen molar-refractivity contribution in [3.63, 3.8) is 0 Å². The van der Waals surface area contributed by atoms with Crippen molar-refractivity contribution in [2.75, 3.05) is 5.73 Å². The topological polar surface area (TPSA) is 92.9 Å². The number of nitrogens with two attached hydrogens (primary N) is 1. The van der Waals surface area contributed by atoms with Crippen molar-refractivity contribution >= 4 is 11.5 Å². The van der Waals surface area contributed by atoms with Gasteiger partial charge in [0.25, 0.3) is 0 Å². The van der Waals surface area contributed by atoms with Crippen LogP contribution in [0.1, 0.15) is 47.5 Å². The normalized spacial score (nSPS) is 14.1. The highest BCUT2D eigenvalue weighted by Gasteiger charge is 2.24. The van der Waals surface area contributed by atoms with E-state index in [0.29, 0.717) is 11.4 Å². The van der Waals surface area contributed by atoms with Gasteiger partial charge in [0.2, 0.25) is 0 Å². The van der Waals surface area contributed by atoms with Gasteiger partial charge in [0.1, 0.15) is 17.5 Å². The highest BCUT2D eigenvalue weighted by Crippen LogP contribution is 2.37. The van der Waals surface area contributed by atoms with Crippen molar-refractivity contribution in [1.29, 1.82) is 5.26 Å². The molecule has 25 heavy (non-hydrogen) atoms. The number of nitrogen functional groups attached to an aromatic ring is 1. The second-order valence-corrected chi connectivity index (χ2v) is 6.68. The Bertz CT molecular complexity index is 1020. The molecule has 3 heterocycles. The van der Waals surface area contributed by atoms with Crippen LogP contribution in [0.4, 0.5) is 5.82 Å². The van der Waals surface area contributed by atoms with Gasteiger partial charge in [-0.15, -0.1) is 0 Å². The summed E-state index contributed by atoms with van der Waals surface area (Å²) >= 11 is 0. The smallest absolute Gasteiger partial charge is 0.163 e. The van der Waals surface area contributed by atoms with Crippen molar-refractivity contribution in [2.45, 2.75) is 46.0 Å².